The lowest BCUT2D eigenvalue weighted by Gasteiger charge is -2.17. The maximum absolute atomic E-state index is 12.1. The Morgan fingerprint density at radius 3 is 2.50 bits per heavy atom. The largest absolute Gasteiger partial charge is 0.482 e. The molecule has 28 heavy (non-hydrogen) atoms. The lowest BCUT2D eigenvalue weighted by Crippen LogP contribution is -2.20. The van der Waals surface area contributed by atoms with Gasteiger partial charge in [0.15, 0.2) is 19.0 Å². The molecule has 1 aliphatic heterocycles. The van der Waals surface area contributed by atoms with Crippen LogP contribution in [0.25, 0.3) is 0 Å². The highest BCUT2D eigenvalue weighted by molar-refractivity contribution is 5.98. The molecule has 6 heteroatoms. The van der Waals surface area contributed by atoms with Gasteiger partial charge in [-0.05, 0) is 41.7 Å². The van der Waals surface area contributed by atoms with Gasteiger partial charge in [-0.3, -0.25) is 9.59 Å². The molecule has 0 fully saturated rings. The summed E-state index contributed by atoms with van der Waals surface area (Å²) < 4.78 is 10.5. The van der Waals surface area contributed by atoms with Crippen LogP contribution in [0.1, 0.15) is 47.7 Å². The second kappa shape index (κ2) is 8.69. The van der Waals surface area contributed by atoms with Gasteiger partial charge in [0.05, 0.1) is 0 Å². The first-order valence-electron chi connectivity index (χ1n) is 9.26. The van der Waals surface area contributed by atoms with Gasteiger partial charge < -0.3 is 14.8 Å². The fourth-order valence-corrected chi connectivity index (χ4v) is 2.92. The number of nitrogens with one attached hydrogen (secondary N) is 1. The summed E-state index contributed by atoms with van der Waals surface area (Å²) >= 11 is 0. The Morgan fingerprint density at radius 2 is 1.79 bits per heavy atom. The SMILES string of the molecule is CC(C)c1ccc(C(=O)COC(=O)COc2ccc3c(c2)CCC(=O)N3)cc1. The molecule has 0 spiro atoms. The molecule has 6 nitrogen and oxygen atoms in total. The second-order valence-electron chi connectivity index (χ2n) is 7.02. The summed E-state index contributed by atoms with van der Waals surface area (Å²) in [4.78, 5) is 35.4. The summed E-state index contributed by atoms with van der Waals surface area (Å²) in [5, 5.41) is 2.79. The van der Waals surface area contributed by atoms with Crippen LogP contribution in [-0.4, -0.2) is 30.9 Å². The van der Waals surface area contributed by atoms with E-state index in [0.717, 1.165) is 16.8 Å². The van der Waals surface area contributed by atoms with E-state index in [0.29, 0.717) is 30.1 Å². The van der Waals surface area contributed by atoms with Gasteiger partial charge in [0.25, 0.3) is 0 Å². The summed E-state index contributed by atoms with van der Waals surface area (Å²) in [5.74, 6) is 0.0288. The first kappa shape index (κ1) is 19.6. The van der Waals surface area contributed by atoms with Crippen molar-refractivity contribution in [3.63, 3.8) is 0 Å². The van der Waals surface area contributed by atoms with Crippen LogP contribution < -0.4 is 10.1 Å². The van der Waals surface area contributed by atoms with Crippen molar-refractivity contribution in [3.05, 3.63) is 59.2 Å². The summed E-state index contributed by atoms with van der Waals surface area (Å²) in [5.41, 5.74) is 3.38. The highest BCUT2D eigenvalue weighted by Crippen LogP contribution is 2.26. The van der Waals surface area contributed by atoms with Crippen LogP contribution in [0.5, 0.6) is 5.75 Å². The number of ketones is 1. The molecule has 2 aromatic rings. The van der Waals surface area contributed by atoms with Crippen molar-refractivity contribution in [2.75, 3.05) is 18.5 Å². The molecule has 0 bridgehead atoms. The molecule has 0 radical (unpaired) electrons. The Labute approximate surface area is 163 Å². The van der Waals surface area contributed by atoms with Crippen LogP contribution in [0.3, 0.4) is 0 Å². The predicted molar refractivity (Wildman–Crippen MR) is 105 cm³/mol. The second-order valence-corrected chi connectivity index (χ2v) is 7.02. The van der Waals surface area contributed by atoms with Gasteiger partial charge in [-0.25, -0.2) is 4.79 Å². The molecule has 1 heterocycles. The van der Waals surface area contributed by atoms with Crippen molar-refractivity contribution in [2.24, 2.45) is 0 Å². The molecular weight excluding hydrogens is 358 g/mol. The molecule has 1 amide bonds. The molecule has 0 saturated carbocycles. The lowest BCUT2D eigenvalue weighted by molar-refractivity contribution is -0.144. The molecule has 0 aliphatic carbocycles. The smallest absolute Gasteiger partial charge is 0.344 e. The number of carbonyl (C=O) groups excluding carboxylic acids is 3. The van der Waals surface area contributed by atoms with Crippen LogP contribution >= 0.6 is 0 Å². The molecule has 1 aliphatic rings. The van der Waals surface area contributed by atoms with Crippen LogP contribution in [-0.2, 0) is 20.7 Å². The van der Waals surface area contributed by atoms with Crippen molar-refractivity contribution >= 4 is 23.3 Å². The van der Waals surface area contributed by atoms with Gasteiger partial charge in [0, 0.05) is 17.7 Å². The Bertz CT molecular complexity index is 886. The van der Waals surface area contributed by atoms with Crippen molar-refractivity contribution in [3.8, 4) is 5.75 Å². The number of esters is 1. The number of rotatable bonds is 7. The number of Topliss-reactive ketones (excluding diaryl/α,β-unsaturated/α-hetero) is 1. The predicted octanol–water partition coefficient (Wildman–Crippen LogP) is 3.50. The van der Waals surface area contributed by atoms with E-state index >= 15 is 0 Å². The van der Waals surface area contributed by atoms with E-state index in [1.807, 2.05) is 12.1 Å². The molecule has 0 aromatic heterocycles. The number of ether oxygens (including phenoxy) is 2. The maximum Gasteiger partial charge on any atom is 0.344 e. The molecule has 0 saturated heterocycles. The molecule has 1 N–H and O–H groups in total. The number of fused-ring (bicyclic) bond motifs is 1. The summed E-state index contributed by atoms with van der Waals surface area (Å²) in [6.07, 6.45) is 1.06. The molecule has 146 valence electrons. The zero-order valence-corrected chi connectivity index (χ0v) is 16.0. The molecule has 3 rings (SSSR count). The first-order chi connectivity index (χ1) is 13.4. The Morgan fingerprint density at radius 1 is 1.04 bits per heavy atom. The normalized spacial score (nSPS) is 12.9. The third-order valence-electron chi connectivity index (χ3n) is 4.59. The topological polar surface area (TPSA) is 81.7 Å². The minimum Gasteiger partial charge on any atom is -0.482 e. The average Bonchev–Trinajstić information content (AvgIpc) is 2.70. The summed E-state index contributed by atoms with van der Waals surface area (Å²) in [6.45, 7) is 3.55. The van der Waals surface area contributed by atoms with Gasteiger partial charge in [0.2, 0.25) is 5.91 Å². The standard InChI is InChI=1S/C22H23NO5/c1-14(2)15-3-5-16(6-4-15)20(24)12-28-22(26)13-27-18-8-9-19-17(11-18)7-10-21(25)23-19/h3-6,8-9,11,14H,7,10,12-13H2,1-2H3,(H,23,25). The maximum atomic E-state index is 12.1. The van der Waals surface area contributed by atoms with E-state index in [1.165, 1.54) is 0 Å². The van der Waals surface area contributed by atoms with E-state index in [-0.39, 0.29) is 24.9 Å². The fourth-order valence-electron chi connectivity index (χ4n) is 2.92. The number of amides is 1. The van der Waals surface area contributed by atoms with Crippen molar-refractivity contribution in [1.82, 2.24) is 0 Å². The minimum absolute atomic E-state index is 0.00624. The van der Waals surface area contributed by atoms with E-state index in [1.54, 1.807) is 30.3 Å². The van der Waals surface area contributed by atoms with Crippen LogP contribution in [0, 0.1) is 0 Å². The van der Waals surface area contributed by atoms with Gasteiger partial charge in [-0.2, -0.15) is 0 Å². The number of hydrogen-bond donors (Lipinski definition) is 1. The van der Waals surface area contributed by atoms with Gasteiger partial charge in [-0.15, -0.1) is 0 Å². The molecule has 2 aromatic carbocycles. The van der Waals surface area contributed by atoms with E-state index in [9.17, 15) is 14.4 Å². The Kier molecular flexibility index (Phi) is 6.09. The van der Waals surface area contributed by atoms with Gasteiger partial charge >= 0.3 is 5.97 Å². The van der Waals surface area contributed by atoms with Crippen molar-refractivity contribution in [2.45, 2.75) is 32.6 Å². The number of anilines is 1. The first-order valence-corrected chi connectivity index (χ1v) is 9.26. The Balaban J connectivity index is 1.47. The van der Waals surface area contributed by atoms with Crippen LogP contribution in [0.4, 0.5) is 5.69 Å². The van der Waals surface area contributed by atoms with E-state index in [2.05, 4.69) is 19.2 Å². The number of aryl methyl sites for hydroxylation is 1. The fraction of sp³-hybridized carbons (Fsp3) is 0.318. The molecule has 0 unspecified atom stereocenters. The quantitative estimate of drug-likeness (QED) is 0.586. The van der Waals surface area contributed by atoms with Crippen LogP contribution in [0.2, 0.25) is 0 Å². The molecular formula is C22H23NO5. The summed E-state index contributed by atoms with van der Waals surface area (Å²) in [6, 6.07) is 12.5. The average molecular weight is 381 g/mol. The number of hydrogen-bond acceptors (Lipinski definition) is 5. The lowest BCUT2D eigenvalue weighted by atomic mass is 10.0. The zero-order chi connectivity index (χ0) is 20.1. The Hall–Kier alpha value is -3.15. The zero-order valence-electron chi connectivity index (χ0n) is 16.0. The third kappa shape index (κ3) is 4.97. The number of carbonyl (C=O) groups is 3. The van der Waals surface area contributed by atoms with Gasteiger partial charge in [-0.1, -0.05) is 38.1 Å². The third-order valence-corrected chi connectivity index (χ3v) is 4.59. The van der Waals surface area contributed by atoms with Crippen LogP contribution in [0.15, 0.2) is 42.5 Å². The van der Waals surface area contributed by atoms with Crippen molar-refractivity contribution < 1.29 is 23.9 Å². The summed E-state index contributed by atoms with van der Waals surface area (Å²) in [7, 11) is 0. The molecule has 0 atom stereocenters. The van der Waals surface area contributed by atoms with Gasteiger partial charge in [0.1, 0.15) is 5.75 Å². The highest BCUT2D eigenvalue weighted by atomic mass is 16.6. The highest BCUT2D eigenvalue weighted by Gasteiger charge is 2.16. The monoisotopic (exact) mass is 381 g/mol. The van der Waals surface area contributed by atoms with Crippen molar-refractivity contribution in [1.29, 1.82) is 0 Å². The minimum atomic E-state index is -0.613. The van der Waals surface area contributed by atoms with E-state index in [4.69, 9.17) is 9.47 Å². The number of benzene rings is 2. The van der Waals surface area contributed by atoms with E-state index < -0.39 is 5.97 Å².